The number of hydrogen-bond acceptors (Lipinski definition) is 6. The maximum atomic E-state index is 12.5. The SMILES string of the molecule is CC(=O)OC1=C(N)OC(C)(c2ccc3ccccc3n2)C1=O. The minimum atomic E-state index is -1.40. The topological polar surface area (TPSA) is 91.5 Å². The van der Waals surface area contributed by atoms with Gasteiger partial charge in [-0.05, 0) is 19.1 Å². The van der Waals surface area contributed by atoms with Crippen LogP contribution in [0.2, 0.25) is 0 Å². The Morgan fingerprint density at radius 2 is 2.00 bits per heavy atom. The van der Waals surface area contributed by atoms with E-state index in [0.717, 1.165) is 10.9 Å². The van der Waals surface area contributed by atoms with Crippen molar-refractivity contribution in [2.75, 3.05) is 0 Å². The van der Waals surface area contributed by atoms with Gasteiger partial charge in [-0.1, -0.05) is 24.3 Å². The molecule has 0 aliphatic carbocycles. The highest BCUT2D eigenvalue weighted by atomic mass is 16.6. The lowest BCUT2D eigenvalue weighted by molar-refractivity contribution is -0.142. The van der Waals surface area contributed by atoms with E-state index in [2.05, 4.69) is 4.98 Å². The Morgan fingerprint density at radius 3 is 2.73 bits per heavy atom. The van der Waals surface area contributed by atoms with E-state index in [4.69, 9.17) is 15.2 Å². The van der Waals surface area contributed by atoms with Crippen LogP contribution < -0.4 is 5.73 Å². The fraction of sp³-hybridized carbons (Fsp3) is 0.188. The van der Waals surface area contributed by atoms with Crippen LogP contribution in [0.4, 0.5) is 0 Å². The number of carbonyl (C=O) groups excluding carboxylic acids is 2. The predicted molar refractivity (Wildman–Crippen MR) is 78.2 cm³/mol. The third-order valence-corrected chi connectivity index (χ3v) is 3.51. The Balaban J connectivity index is 2.03. The van der Waals surface area contributed by atoms with Crippen molar-refractivity contribution in [2.45, 2.75) is 19.4 Å². The molecule has 6 nitrogen and oxygen atoms in total. The van der Waals surface area contributed by atoms with Gasteiger partial charge in [0.15, 0.2) is 0 Å². The summed E-state index contributed by atoms with van der Waals surface area (Å²) in [5.41, 5.74) is 5.41. The summed E-state index contributed by atoms with van der Waals surface area (Å²) in [5, 5.41) is 0.946. The molecule has 1 aromatic heterocycles. The Morgan fingerprint density at radius 1 is 1.27 bits per heavy atom. The molecule has 1 aliphatic heterocycles. The Kier molecular flexibility index (Phi) is 3.09. The molecule has 2 heterocycles. The fourth-order valence-electron chi connectivity index (χ4n) is 2.38. The summed E-state index contributed by atoms with van der Waals surface area (Å²) in [6.45, 7) is 2.74. The number of fused-ring (bicyclic) bond motifs is 1. The predicted octanol–water partition coefficient (Wildman–Crippen LogP) is 1.74. The number of benzene rings is 1. The fourth-order valence-corrected chi connectivity index (χ4v) is 2.38. The maximum absolute atomic E-state index is 12.5. The Hall–Kier alpha value is -2.89. The first-order chi connectivity index (χ1) is 10.4. The van der Waals surface area contributed by atoms with Crippen molar-refractivity contribution in [1.29, 1.82) is 0 Å². The molecule has 0 radical (unpaired) electrons. The van der Waals surface area contributed by atoms with Crippen LogP contribution in [-0.4, -0.2) is 16.7 Å². The van der Waals surface area contributed by atoms with E-state index in [0.29, 0.717) is 5.69 Å². The molecule has 0 saturated heterocycles. The lowest BCUT2D eigenvalue weighted by Gasteiger charge is -2.22. The molecule has 22 heavy (non-hydrogen) atoms. The number of esters is 1. The monoisotopic (exact) mass is 298 g/mol. The molecule has 2 N–H and O–H groups in total. The zero-order valence-electron chi connectivity index (χ0n) is 12.1. The van der Waals surface area contributed by atoms with E-state index < -0.39 is 17.4 Å². The first-order valence-corrected chi connectivity index (χ1v) is 6.70. The molecular weight excluding hydrogens is 284 g/mol. The van der Waals surface area contributed by atoms with Gasteiger partial charge in [-0.15, -0.1) is 0 Å². The van der Waals surface area contributed by atoms with Gasteiger partial charge in [0.1, 0.15) is 0 Å². The highest BCUT2D eigenvalue weighted by molar-refractivity contribution is 6.04. The second-order valence-electron chi connectivity index (χ2n) is 5.14. The third kappa shape index (κ3) is 2.09. The van der Waals surface area contributed by atoms with Gasteiger partial charge in [0.05, 0.1) is 11.2 Å². The lowest BCUT2D eigenvalue weighted by atomic mass is 9.95. The standard InChI is InChI=1S/C16H14N2O4/c1-9(19)21-13-14(20)16(2,22-15(13)17)12-8-7-10-5-3-4-6-11(10)18-12/h3-8H,17H2,1-2H3. The number of aromatic nitrogens is 1. The number of ketones is 1. The average molecular weight is 298 g/mol. The van der Waals surface area contributed by atoms with Crippen molar-refractivity contribution in [2.24, 2.45) is 5.73 Å². The summed E-state index contributed by atoms with van der Waals surface area (Å²) >= 11 is 0. The quantitative estimate of drug-likeness (QED) is 0.849. The number of pyridine rings is 1. The summed E-state index contributed by atoms with van der Waals surface area (Å²) in [7, 11) is 0. The van der Waals surface area contributed by atoms with Gasteiger partial charge in [-0.25, -0.2) is 4.98 Å². The van der Waals surface area contributed by atoms with E-state index in [9.17, 15) is 9.59 Å². The zero-order valence-corrected chi connectivity index (χ0v) is 12.1. The Bertz CT molecular complexity index is 828. The van der Waals surface area contributed by atoms with Crippen molar-refractivity contribution < 1.29 is 19.1 Å². The largest absolute Gasteiger partial charge is 0.455 e. The van der Waals surface area contributed by atoms with Gasteiger partial charge < -0.3 is 15.2 Å². The van der Waals surface area contributed by atoms with Crippen LogP contribution in [0.5, 0.6) is 0 Å². The maximum Gasteiger partial charge on any atom is 0.308 e. The molecule has 0 amide bonds. The molecule has 0 bridgehead atoms. The summed E-state index contributed by atoms with van der Waals surface area (Å²) in [4.78, 5) is 28.1. The number of Topliss-reactive ketones (excluding diaryl/α,β-unsaturated/α-hetero) is 1. The van der Waals surface area contributed by atoms with Gasteiger partial charge in [-0.3, -0.25) is 9.59 Å². The first kappa shape index (κ1) is 14.1. The number of rotatable bonds is 2. The van der Waals surface area contributed by atoms with E-state index in [1.807, 2.05) is 30.3 Å². The molecule has 0 spiro atoms. The van der Waals surface area contributed by atoms with Crippen LogP contribution in [0, 0.1) is 0 Å². The van der Waals surface area contributed by atoms with Crippen molar-refractivity contribution in [3.63, 3.8) is 0 Å². The second kappa shape index (κ2) is 4.84. The molecule has 0 saturated carbocycles. The number of ether oxygens (including phenoxy) is 2. The summed E-state index contributed by atoms with van der Waals surface area (Å²) < 4.78 is 10.3. The number of hydrogen-bond donors (Lipinski definition) is 1. The van der Waals surface area contributed by atoms with Crippen LogP contribution in [0.25, 0.3) is 10.9 Å². The van der Waals surface area contributed by atoms with Gasteiger partial charge in [0.25, 0.3) is 5.78 Å². The molecule has 2 aromatic rings. The summed E-state index contributed by atoms with van der Waals surface area (Å²) in [6.07, 6.45) is 0. The van der Waals surface area contributed by atoms with Crippen LogP contribution in [0.3, 0.4) is 0 Å². The molecular formula is C16H14N2O4. The molecule has 0 fully saturated rings. The third-order valence-electron chi connectivity index (χ3n) is 3.51. The van der Waals surface area contributed by atoms with Crippen molar-refractivity contribution in [3.8, 4) is 0 Å². The molecule has 6 heteroatoms. The number of para-hydroxylation sites is 1. The van der Waals surface area contributed by atoms with Gasteiger partial charge >= 0.3 is 5.97 Å². The minimum absolute atomic E-state index is 0.211. The number of nitrogens with zero attached hydrogens (tertiary/aromatic N) is 1. The van der Waals surface area contributed by atoms with Gasteiger partial charge in [0.2, 0.25) is 17.2 Å². The van der Waals surface area contributed by atoms with E-state index >= 15 is 0 Å². The molecule has 1 aliphatic rings. The molecule has 1 atom stereocenters. The number of carbonyl (C=O) groups is 2. The molecule has 1 aromatic carbocycles. The van der Waals surface area contributed by atoms with E-state index in [1.165, 1.54) is 6.92 Å². The molecule has 3 rings (SSSR count). The van der Waals surface area contributed by atoms with Crippen molar-refractivity contribution in [3.05, 3.63) is 53.7 Å². The van der Waals surface area contributed by atoms with Crippen LogP contribution >= 0.6 is 0 Å². The van der Waals surface area contributed by atoms with Crippen LogP contribution in [0.15, 0.2) is 48.0 Å². The second-order valence-corrected chi connectivity index (χ2v) is 5.14. The highest BCUT2D eigenvalue weighted by Gasteiger charge is 2.49. The lowest BCUT2D eigenvalue weighted by Crippen LogP contribution is -2.33. The minimum Gasteiger partial charge on any atom is -0.455 e. The molecule has 112 valence electrons. The summed E-state index contributed by atoms with van der Waals surface area (Å²) in [5.74, 6) is -1.64. The summed E-state index contributed by atoms with van der Waals surface area (Å²) in [6, 6.07) is 11.1. The van der Waals surface area contributed by atoms with Gasteiger partial charge in [0, 0.05) is 12.3 Å². The van der Waals surface area contributed by atoms with E-state index in [-0.39, 0.29) is 11.6 Å². The highest BCUT2D eigenvalue weighted by Crippen LogP contribution is 2.37. The van der Waals surface area contributed by atoms with Crippen molar-refractivity contribution >= 4 is 22.7 Å². The zero-order chi connectivity index (χ0) is 15.9. The normalized spacial score (nSPS) is 21.1. The van der Waals surface area contributed by atoms with Crippen molar-refractivity contribution in [1.82, 2.24) is 4.98 Å². The van der Waals surface area contributed by atoms with Crippen LogP contribution in [0.1, 0.15) is 19.5 Å². The smallest absolute Gasteiger partial charge is 0.308 e. The average Bonchev–Trinajstić information content (AvgIpc) is 2.71. The Labute approximate surface area is 126 Å². The molecule has 1 unspecified atom stereocenters. The van der Waals surface area contributed by atoms with Gasteiger partial charge in [-0.2, -0.15) is 0 Å². The van der Waals surface area contributed by atoms with E-state index in [1.54, 1.807) is 13.0 Å². The first-order valence-electron chi connectivity index (χ1n) is 6.70. The number of nitrogens with two attached hydrogens (primary N) is 1. The van der Waals surface area contributed by atoms with Crippen LogP contribution in [-0.2, 0) is 24.7 Å².